The van der Waals surface area contributed by atoms with Gasteiger partial charge < -0.3 is 14.5 Å². The third-order valence-electron chi connectivity index (χ3n) is 10.6. The number of likely N-dealkylation sites (N-methyl/N-ethyl adjacent to an activating group) is 1. The number of nitrogens with one attached hydrogen (secondary N) is 2. The Balaban J connectivity index is 1.24. The van der Waals surface area contributed by atoms with Crippen molar-refractivity contribution < 1.29 is 14.3 Å². The summed E-state index contributed by atoms with van der Waals surface area (Å²) >= 11 is 6.37. The van der Waals surface area contributed by atoms with E-state index in [2.05, 4.69) is 46.2 Å². The molecule has 0 radical (unpaired) electrons. The maximum Gasteiger partial charge on any atom is 0.246 e. The molecule has 1 amide bonds. The van der Waals surface area contributed by atoms with Crippen LogP contribution in [0.5, 0.6) is 0 Å². The van der Waals surface area contributed by atoms with E-state index in [0.29, 0.717) is 32.3 Å². The molecular weight excluding hydrogens is 552 g/mol. The fourth-order valence-electron chi connectivity index (χ4n) is 8.23. The van der Waals surface area contributed by atoms with Gasteiger partial charge in [-0.3, -0.25) is 25.1 Å². The predicted octanol–water partition coefficient (Wildman–Crippen LogP) is 2.69. The minimum atomic E-state index is -0.461. The number of halogens is 1. The molecule has 1 saturated carbocycles. The zero-order valence-corrected chi connectivity index (χ0v) is 25.3. The Kier molecular flexibility index (Phi) is 8.75. The SMILES string of the molecule is C=CC(=O)N1CCN(C2NC(OCC3CCCN3C)NC3C(=O)C4(CCc5ccc(Cl)cc5C4)CCC32)CC1CC#N. The van der Waals surface area contributed by atoms with Crippen LogP contribution in [-0.4, -0.2) is 96.9 Å². The lowest BCUT2D eigenvalue weighted by Crippen LogP contribution is -2.74. The summed E-state index contributed by atoms with van der Waals surface area (Å²) < 4.78 is 6.46. The fraction of sp³-hybridized carbons (Fsp3) is 0.656. The first kappa shape index (κ1) is 29.7. The van der Waals surface area contributed by atoms with Gasteiger partial charge in [0, 0.05) is 42.0 Å². The van der Waals surface area contributed by atoms with Crippen LogP contribution in [0.1, 0.15) is 49.7 Å². The average Bonchev–Trinajstić information content (AvgIpc) is 3.41. The van der Waals surface area contributed by atoms with Gasteiger partial charge >= 0.3 is 0 Å². The number of hydrogen-bond acceptors (Lipinski definition) is 8. The van der Waals surface area contributed by atoms with E-state index in [-0.39, 0.29) is 42.3 Å². The Hall–Kier alpha value is -2.32. The monoisotopic (exact) mass is 594 g/mol. The van der Waals surface area contributed by atoms with Crippen LogP contribution in [0.15, 0.2) is 30.9 Å². The van der Waals surface area contributed by atoms with E-state index in [4.69, 9.17) is 16.3 Å². The molecule has 7 atom stereocenters. The number of nitrogens with zero attached hydrogens (tertiary/aromatic N) is 4. The van der Waals surface area contributed by atoms with Crippen LogP contribution < -0.4 is 10.6 Å². The third kappa shape index (κ3) is 5.66. The van der Waals surface area contributed by atoms with Crippen LogP contribution in [0, 0.1) is 22.7 Å². The summed E-state index contributed by atoms with van der Waals surface area (Å²) in [5.41, 5.74) is 2.10. The van der Waals surface area contributed by atoms with Gasteiger partial charge in [0.25, 0.3) is 0 Å². The molecule has 4 fully saturated rings. The van der Waals surface area contributed by atoms with E-state index in [1.807, 2.05) is 12.1 Å². The van der Waals surface area contributed by atoms with Crippen molar-refractivity contribution in [3.63, 3.8) is 0 Å². The molecule has 3 aliphatic heterocycles. The highest BCUT2D eigenvalue weighted by molar-refractivity contribution is 6.30. The molecule has 1 aromatic carbocycles. The van der Waals surface area contributed by atoms with Crippen LogP contribution in [0.4, 0.5) is 0 Å². The minimum absolute atomic E-state index is 0.0577. The lowest BCUT2D eigenvalue weighted by molar-refractivity contribution is -0.154. The maximum atomic E-state index is 14.6. The highest BCUT2D eigenvalue weighted by atomic mass is 35.5. The number of rotatable bonds is 6. The van der Waals surface area contributed by atoms with Crippen molar-refractivity contribution in [2.45, 2.75) is 82.0 Å². The number of likely N-dealkylation sites (tertiary alicyclic amines) is 1. The molecule has 6 rings (SSSR count). The number of ketones is 1. The van der Waals surface area contributed by atoms with Crippen molar-refractivity contribution in [3.8, 4) is 6.07 Å². The van der Waals surface area contributed by atoms with Gasteiger partial charge in [0.05, 0.1) is 37.3 Å². The standard InChI is InChI=1S/C32H43ClN6O3/c1-3-27(40)39-16-15-38(19-24(39)10-13-34)30-26-9-12-32(11-8-21-6-7-23(33)17-22(21)18-32)29(41)28(26)35-31(36-30)42-20-25-5-4-14-37(25)2/h3,6-7,17,24-26,28,30-31,35-36H,1,4-5,8-12,14-16,18-20H2,2H3. The number of amides is 1. The normalized spacial score (nSPS) is 35.5. The molecule has 2 N–H and O–H groups in total. The average molecular weight is 595 g/mol. The van der Waals surface area contributed by atoms with Gasteiger partial charge in [-0.25, -0.2) is 0 Å². The van der Waals surface area contributed by atoms with E-state index in [1.165, 1.54) is 23.6 Å². The maximum absolute atomic E-state index is 14.6. The van der Waals surface area contributed by atoms with Gasteiger partial charge in [0.2, 0.25) is 5.91 Å². The lowest BCUT2D eigenvalue weighted by Gasteiger charge is -2.55. The largest absolute Gasteiger partial charge is 0.348 e. The smallest absolute Gasteiger partial charge is 0.246 e. The predicted molar refractivity (Wildman–Crippen MR) is 160 cm³/mol. The van der Waals surface area contributed by atoms with Crippen molar-refractivity contribution >= 4 is 23.3 Å². The molecule has 5 aliphatic rings. The van der Waals surface area contributed by atoms with E-state index in [9.17, 15) is 14.9 Å². The second-order valence-electron chi connectivity index (χ2n) is 12.9. The number of ether oxygens (including phenoxy) is 1. The Morgan fingerprint density at radius 3 is 2.83 bits per heavy atom. The molecule has 3 heterocycles. The Bertz CT molecular complexity index is 1250. The summed E-state index contributed by atoms with van der Waals surface area (Å²) in [4.78, 5) is 33.6. The zero-order valence-electron chi connectivity index (χ0n) is 24.6. The molecular formula is C32H43ClN6O3. The third-order valence-corrected chi connectivity index (χ3v) is 10.9. The first-order chi connectivity index (χ1) is 20.3. The van der Waals surface area contributed by atoms with Gasteiger partial charge in [-0.05, 0) is 87.9 Å². The van der Waals surface area contributed by atoms with Crippen molar-refractivity contribution in [3.05, 3.63) is 47.0 Å². The summed E-state index contributed by atoms with van der Waals surface area (Å²) in [6.07, 6.45) is 7.53. The minimum Gasteiger partial charge on any atom is -0.348 e. The molecule has 7 unspecified atom stereocenters. The molecule has 1 spiro atoms. The number of Topliss-reactive ketones (excluding diaryl/α,β-unsaturated/α-hetero) is 1. The lowest BCUT2D eigenvalue weighted by atomic mass is 9.59. The van der Waals surface area contributed by atoms with E-state index < -0.39 is 11.8 Å². The summed E-state index contributed by atoms with van der Waals surface area (Å²) in [6.45, 7) is 7.07. The Labute approximate surface area is 254 Å². The quantitative estimate of drug-likeness (QED) is 0.485. The summed E-state index contributed by atoms with van der Waals surface area (Å²) in [5, 5.41) is 17.6. The first-order valence-electron chi connectivity index (χ1n) is 15.5. The number of aryl methyl sites for hydroxylation is 1. The van der Waals surface area contributed by atoms with Crippen LogP contribution in [0.3, 0.4) is 0 Å². The second-order valence-corrected chi connectivity index (χ2v) is 13.4. The van der Waals surface area contributed by atoms with Crippen LogP contribution >= 0.6 is 11.6 Å². The number of carbonyl (C=O) groups excluding carboxylic acids is 2. The number of carbonyl (C=O) groups is 2. The Morgan fingerprint density at radius 2 is 2.07 bits per heavy atom. The molecule has 0 bridgehead atoms. The number of benzene rings is 1. The van der Waals surface area contributed by atoms with Gasteiger partial charge in [-0.1, -0.05) is 24.2 Å². The van der Waals surface area contributed by atoms with E-state index in [0.717, 1.165) is 50.1 Å². The molecule has 3 saturated heterocycles. The summed E-state index contributed by atoms with van der Waals surface area (Å²) in [6, 6.07) is 8.18. The topological polar surface area (TPSA) is 101 Å². The molecule has 10 heteroatoms. The van der Waals surface area contributed by atoms with Crippen molar-refractivity contribution in [1.29, 1.82) is 5.26 Å². The van der Waals surface area contributed by atoms with Crippen molar-refractivity contribution in [2.75, 3.05) is 39.8 Å². The number of fused-ring (bicyclic) bond motifs is 2. The number of piperazine rings is 1. The van der Waals surface area contributed by atoms with Gasteiger partial charge in [0.1, 0.15) is 0 Å². The molecule has 9 nitrogen and oxygen atoms in total. The zero-order chi connectivity index (χ0) is 29.4. The fourth-order valence-corrected chi connectivity index (χ4v) is 8.42. The second kappa shape index (κ2) is 12.4. The highest BCUT2D eigenvalue weighted by Gasteiger charge is 2.55. The summed E-state index contributed by atoms with van der Waals surface area (Å²) in [7, 11) is 2.14. The Morgan fingerprint density at radius 1 is 1.21 bits per heavy atom. The van der Waals surface area contributed by atoms with Gasteiger partial charge in [-0.15, -0.1) is 0 Å². The van der Waals surface area contributed by atoms with E-state index in [1.54, 1.807) is 4.90 Å². The van der Waals surface area contributed by atoms with Crippen LogP contribution in [0.2, 0.25) is 5.02 Å². The molecule has 2 aliphatic carbocycles. The van der Waals surface area contributed by atoms with Crippen molar-refractivity contribution in [1.82, 2.24) is 25.3 Å². The van der Waals surface area contributed by atoms with E-state index >= 15 is 0 Å². The first-order valence-corrected chi connectivity index (χ1v) is 15.9. The van der Waals surface area contributed by atoms with Crippen LogP contribution in [-0.2, 0) is 27.2 Å². The number of nitriles is 1. The van der Waals surface area contributed by atoms with Crippen molar-refractivity contribution in [2.24, 2.45) is 11.3 Å². The summed E-state index contributed by atoms with van der Waals surface area (Å²) in [5.74, 6) is 0.208. The number of hydrogen-bond donors (Lipinski definition) is 2. The molecule has 42 heavy (non-hydrogen) atoms. The molecule has 226 valence electrons. The molecule has 0 aromatic heterocycles. The highest BCUT2D eigenvalue weighted by Crippen LogP contribution is 2.48. The molecule has 1 aromatic rings. The van der Waals surface area contributed by atoms with Gasteiger partial charge in [0.15, 0.2) is 12.1 Å². The van der Waals surface area contributed by atoms with Crippen LogP contribution in [0.25, 0.3) is 0 Å². The van der Waals surface area contributed by atoms with Gasteiger partial charge in [-0.2, -0.15) is 5.26 Å².